The lowest BCUT2D eigenvalue weighted by atomic mass is 10.0. The highest BCUT2D eigenvalue weighted by Gasteiger charge is 2.21. The van der Waals surface area contributed by atoms with Crippen LogP contribution in [0.25, 0.3) is 11.3 Å². The van der Waals surface area contributed by atoms with E-state index in [1.54, 1.807) is 6.07 Å². The molecule has 1 aromatic heterocycles. The number of nitrogens with zero attached hydrogens (tertiary/aromatic N) is 2. The second-order valence-corrected chi connectivity index (χ2v) is 4.34. The van der Waals surface area contributed by atoms with E-state index in [1.165, 1.54) is 11.3 Å². The number of hydrogen-bond acceptors (Lipinski definition) is 3. The van der Waals surface area contributed by atoms with Crippen LogP contribution >= 0.6 is 0 Å². The molecule has 1 aliphatic heterocycles. The number of phenols is 1. The highest BCUT2D eigenvalue weighted by Crippen LogP contribution is 2.32. The molecule has 0 fully saturated rings. The average Bonchev–Trinajstić information content (AvgIpc) is 2.68. The fraction of sp³-hybridized carbons (Fsp3) is 0.308. The summed E-state index contributed by atoms with van der Waals surface area (Å²) < 4.78 is 1.93. The lowest BCUT2D eigenvalue weighted by Gasteiger charge is -2.14. The second kappa shape index (κ2) is 3.89. The van der Waals surface area contributed by atoms with Crippen LogP contribution in [0.4, 0.5) is 0 Å². The molecule has 1 aliphatic rings. The maximum absolute atomic E-state index is 9.91. The van der Waals surface area contributed by atoms with Gasteiger partial charge in [-0.25, -0.2) is 0 Å². The van der Waals surface area contributed by atoms with Crippen molar-refractivity contribution in [3.8, 4) is 17.0 Å². The van der Waals surface area contributed by atoms with Crippen LogP contribution in [-0.2, 0) is 20.0 Å². The topological polar surface area (TPSA) is 50.1 Å². The van der Waals surface area contributed by atoms with E-state index in [-0.39, 0.29) is 0 Å². The number of rotatable bonds is 1. The number of nitrogens with one attached hydrogen (secondary N) is 1. The lowest BCUT2D eigenvalue weighted by molar-refractivity contribution is 0.477. The summed E-state index contributed by atoms with van der Waals surface area (Å²) in [6.07, 6.45) is 0.992. The van der Waals surface area contributed by atoms with Gasteiger partial charge in [-0.3, -0.25) is 4.68 Å². The summed E-state index contributed by atoms with van der Waals surface area (Å²) in [5.41, 5.74) is 4.18. The summed E-state index contributed by atoms with van der Waals surface area (Å²) >= 11 is 0. The molecule has 0 bridgehead atoms. The van der Waals surface area contributed by atoms with Gasteiger partial charge < -0.3 is 10.4 Å². The van der Waals surface area contributed by atoms with Gasteiger partial charge >= 0.3 is 0 Å². The zero-order valence-corrected chi connectivity index (χ0v) is 9.77. The fourth-order valence-corrected chi connectivity index (χ4v) is 2.41. The molecular formula is C13H15N3O. The number of hydrogen-bond donors (Lipinski definition) is 2. The van der Waals surface area contributed by atoms with E-state index >= 15 is 0 Å². The number of para-hydroxylation sites is 1. The van der Waals surface area contributed by atoms with Crippen molar-refractivity contribution in [1.82, 2.24) is 15.1 Å². The Hall–Kier alpha value is -1.81. The SMILES string of the molecule is Cn1nc(-c2ccccc2O)c2c1CCNC2. The zero-order valence-electron chi connectivity index (χ0n) is 9.77. The summed E-state index contributed by atoms with van der Waals surface area (Å²) in [7, 11) is 1.97. The van der Waals surface area contributed by atoms with E-state index in [2.05, 4.69) is 10.4 Å². The predicted molar refractivity (Wildman–Crippen MR) is 65.7 cm³/mol. The lowest BCUT2D eigenvalue weighted by Crippen LogP contribution is -2.24. The fourth-order valence-electron chi connectivity index (χ4n) is 2.41. The van der Waals surface area contributed by atoms with Gasteiger partial charge in [0.05, 0.1) is 0 Å². The molecule has 2 heterocycles. The molecular weight excluding hydrogens is 214 g/mol. The Bertz CT molecular complexity index is 560. The van der Waals surface area contributed by atoms with Crippen molar-refractivity contribution in [2.75, 3.05) is 6.54 Å². The molecule has 1 aromatic carbocycles. The molecule has 17 heavy (non-hydrogen) atoms. The first kappa shape index (κ1) is 10.4. The number of phenolic OH excluding ortho intramolecular Hbond substituents is 1. The van der Waals surface area contributed by atoms with E-state index in [0.29, 0.717) is 5.75 Å². The van der Waals surface area contributed by atoms with Crippen LogP contribution in [0.1, 0.15) is 11.3 Å². The number of aromatic hydroxyl groups is 1. The molecule has 2 N–H and O–H groups in total. The quantitative estimate of drug-likeness (QED) is 0.778. The van der Waals surface area contributed by atoms with Crippen molar-refractivity contribution in [1.29, 1.82) is 0 Å². The van der Waals surface area contributed by atoms with Gasteiger partial charge in [0.25, 0.3) is 0 Å². The predicted octanol–water partition coefficient (Wildman–Crippen LogP) is 1.44. The Morgan fingerprint density at radius 1 is 1.35 bits per heavy atom. The van der Waals surface area contributed by atoms with Gasteiger partial charge in [-0.2, -0.15) is 5.10 Å². The molecule has 3 rings (SSSR count). The van der Waals surface area contributed by atoms with Crippen LogP contribution in [0.2, 0.25) is 0 Å². The summed E-state index contributed by atoms with van der Waals surface area (Å²) in [6.45, 7) is 1.82. The average molecular weight is 229 g/mol. The van der Waals surface area contributed by atoms with Crippen molar-refractivity contribution in [2.45, 2.75) is 13.0 Å². The molecule has 0 saturated heterocycles. The van der Waals surface area contributed by atoms with Crippen LogP contribution in [0.5, 0.6) is 5.75 Å². The number of aryl methyl sites for hydroxylation is 1. The van der Waals surface area contributed by atoms with Gasteiger partial charge in [-0.15, -0.1) is 0 Å². The number of aromatic nitrogens is 2. The monoisotopic (exact) mass is 229 g/mol. The summed E-state index contributed by atoms with van der Waals surface area (Å²) in [5, 5.41) is 17.8. The molecule has 0 unspecified atom stereocenters. The molecule has 0 atom stereocenters. The Morgan fingerprint density at radius 3 is 3.00 bits per heavy atom. The maximum atomic E-state index is 9.91. The van der Waals surface area contributed by atoms with Crippen molar-refractivity contribution in [3.05, 3.63) is 35.5 Å². The van der Waals surface area contributed by atoms with Gasteiger partial charge in [-0.05, 0) is 12.1 Å². The molecule has 0 saturated carbocycles. The van der Waals surface area contributed by atoms with Crippen LogP contribution in [0.3, 0.4) is 0 Å². The van der Waals surface area contributed by atoms with Crippen molar-refractivity contribution in [2.24, 2.45) is 7.05 Å². The molecule has 4 nitrogen and oxygen atoms in total. The first-order valence-corrected chi connectivity index (χ1v) is 5.81. The third-order valence-corrected chi connectivity index (χ3v) is 3.27. The van der Waals surface area contributed by atoms with E-state index in [0.717, 1.165) is 30.8 Å². The highest BCUT2D eigenvalue weighted by molar-refractivity contribution is 5.70. The Labute approximate surface area is 99.9 Å². The van der Waals surface area contributed by atoms with E-state index in [9.17, 15) is 5.11 Å². The molecule has 4 heteroatoms. The minimum atomic E-state index is 0.291. The number of fused-ring (bicyclic) bond motifs is 1. The molecule has 0 amide bonds. The number of benzene rings is 1. The smallest absolute Gasteiger partial charge is 0.125 e. The van der Waals surface area contributed by atoms with Gasteiger partial charge in [0.15, 0.2) is 0 Å². The molecule has 0 aliphatic carbocycles. The second-order valence-electron chi connectivity index (χ2n) is 4.34. The Balaban J connectivity index is 2.19. The van der Waals surface area contributed by atoms with E-state index in [1.807, 2.05) is 29.9 Å². The minimum Gasteiger partial charge on any atom is -0.507 e. The van der Waals surface area contributed by atoms with Gasteiger partial charge in [-0.1, -0.05) is 12.1 Å². The minimum absolute atomic E-state index is 0.291. The normalized spacial score (nSPS) is 14.6. The van der Waals surface area contributed by atoms with Gasteiger partial charge in [0.1, 0.15) is 11.4 Å². The van der Waals surface area contributed by atoms with Gasteiger partial charge in [0.2, 0.25) is 0 Å². The molecule has 88 valence electrons. The Morgan fingerprint density at radius 2 is 2.18 bits per heavy atom. The zero-order chi connectivity index (χ0) is 11.8. The summed E-state index contributed by atoms with van der Waals surface area (Å²) in [4.78, 5) is 0. The highest BCUT2D eigenvalue weighted by atomic mass is 16.3. The van der Waals surface area contributed by atoms with Gasteiger partial charge in [0, 0.05) is 43.4 Å². The molecule has 2 aromatic rings. The first-order chi connectivity index (χ1) is 8.27. The summed E-state index contributed by atoms with van der Waals surface area (Å²) in [6, 6.07) is 7.36. The van der Waals surface area contributed by atoms with Crippen LogP contribution in [0.15, 0.2) is 24.3 Å². The molecule has 0 spiro atoms. The van der Waals surface area contributed by atoms with E-state index in [4.69, 9.17) is 0 Å². The van der Waals surface area contributed by atoms with Crippen molar-refractivity contribution >= 4 is 0 Å². The third kappa shape index (κ3) is 1.61. The standard InChI is InChI=1S/C13H15N3O/c1-16-11-6-7-14-8-10(11)13(15-16)9-4-2-3-5-12(9)17/h2-5,14,17H,6-8H2,1H3. The first-order valence-electron chi connectivity index (χ1n) is 5.81. The van der Waals surface area contributed by atoms with Crippen molar-refractivity contribution in [3.63, 3.8) is 0 Å². The van der Waals surface area contributed by atoms with E-state index < -0.39 is 0 Å². The molecule has 0 radical (unpaired) electrons. The van der Waals surface area contributed by atoms with Crippen LogP contribution in [0, 0.1) is 0 Å². The maximum Gasteiger partial charge on any atom is 0.125 e. The van der Waals surface area contributed by atoms with Crippen LogP contribution in [-0.4, -0.2) is 21.4 Å². The largest absolute Gasteiger partial charge is 0.507 e. The summed E-state index contributed by atoms with van der Waals surface area (Å²) in [5.74, 6) is 0.291. The van der Waals surface area contributed by atoms with Crippen molar-refractivity contribution < 1.29 is 5.11 Å². The van der Waals surface area contributed by atoms with Crippen LogP contribution < -0.4 is 5.32 Å². The Kier molecular flexibility index (Phi) is 2.37. The third-order valence-electron chi connectivity index (χ3n) is 3.27.